The molecular weight excluding hydrogens is 376 g/mol. The van der Waals surface area contributed by atoms with Gasteiger partial charge in [-0.2, -0.15) is 0 Å². The largest absolute Gasteiger partial charge is 0.490 e. The molecule has 30 heavy (non-hydrogen) atoms. The molecule has 5 heteroatoms. The van der Waals surface area contributed by atoms with E-state index in [0.717, 1.165) is 12.0 Å². The maximum atomic E-state index is 12.7. The van der Waals surface area contributed by atoms with Gasteiger partial charge in [0.15, 0.2) is 11.5 Å². The molecule has 1 saturated carbocycles. The van der Waals surface area contributed by atoms with Gasteiger partial charge >= 0.3 is 0 Å². The summed E-state index contributed by atoms with van der Waals surface area (Å²) in [5.41, 5.74) is 2.95. The first-order valence-corrected chi connectivity index (χ1v) is 10.4. The molecule has 1 aliphatic rings. The lowest BCUT2D eigenvalue weighted by Crippen LogP contribution is -2.26. The van der Waals surface area contributed by atoms with Gasteiger partial charge in [0.1, 0.15) is 6.61 Å². The van der Waals surface area contributed by atoms with E-state index in [1.54, 1.807) is 30.6 Å². The summed E-state index contributed by atoms with van der Waals surface area (Å²) in [4.78, 5) is 16.7. The molecule has 4 rings (SSSR count). The lowest BCUT2D eigenvalue weighted by Gasteiger charge is -2.13. The summed E-state index contributed by atoms with van der Waals surface area (Å²) in [5.74, 6) is 2.17. The number of rotatable bonds is 9. The summed E-state index contributed by atoms with van der Waals surface area (Å²) in [6.45, 7) is 3.51. The van der Waals surface area contributed by atoms with E-state index in [9.17, 15) is 4.79 Å². The van der Waals surface area contributed by atoms with Crippen molar-refractivity contribution in [1.29, 1.82) is 0 Å². The van der Waals surface area contributed by atoms with E-state index in [1.165, 1.54) is 5.56 Å². The second kappa shape index (κ2) is 9.44. The highest BCUT2D eigenvalue weighted by Crippen LogP contribution is 2.46. The van der Waals surface area contributed by atoms with Crippen LogP contribution in [-0.4, -0.2) is 24.0 Å². The molecule has 1 heterocycles. The minimum Gasteiger partial charge on any atom is -0.490 e. The molecule has 2 atom stereocenters. The Labute approximate surface area is 177 Å². The van der Waals surface area contributed by atoms with Crippen molar-refractivity contribution in [2.45, 2.75) is 25.9 Å². The maximum absolute atomic E-state index is 12.7. The Kier molecular flexibility index (Phi) is 6.28. The number of hydrogen-bond donors (Lipinski definition) is 1. The van der Waals surface area contributed by atoms with Gasteiger partial charge in [-0.05, 0) is 66.6 Å². The number of carbonyl (C=O) groups is 1. The monoisotopic (exact) mass is 402 g/mol. The van der Waals surface area contributed by atoms with Gasteiger partial charge in [-0.3, -0.25) is 9.78 Å². The highest BCUT2D eigenvalue weighted by molar-refractivity contribution is 5.94. The van der Waals surface area contributed by atoms with E-state index >= 15 is 0 Å². The first kappa shape index (κ1) is 20.0. The SMILES string of the molecule is CCOc1cc(C(=O)NCC2CC2c2ccccc2)ccc1OCc1ccncc1. The van der Waals surface area contributed by atoms with Crippen LogP contribution in [0.5, 0.6) is 11.5 Å². The van der Waals surface area contributed by atoms with Crippen LogP contribution in [-0.2, 0) is 6.61 Å². The van der Waals surface area contributed by atoms with Crippen LogP contribution < -0.4 is 14.8 Å². The second-order valence-corrected chi connectivity index (χ2v) is 7.46. The molecule has 5 nitrogen and oxygen atoms in total. The second-order valence-electron chi connectivity index (χ2n) is 7.46. The van der Waals surface area contributed by atoms with Crippen LogP contribution in [0.15, 0.2) is 73.1 Å². The van der Waals surface area contributed by atoms with Crippen molar-refractivity contribution in [3.63, 3.8) is 0 Å². The average Bonchev–Trinajstić information content (AvgIpc) is 3.58. The minimum absolute atomic E-state index is 0.0876. The number of carbonyl (C=O) groups excluding carboxylic acids is 1. The zero-order valence-electron chi connectivity index (χ0n) is 17.1. The van der Waals surface area contributed by atoms with Gasteiger partial charge in [0.05, 0.1) is 6.61 Å². The van der Waals surface area contributed by atoms with Crippen molar-refractivity contribution >= 4 is 5.91 Å². The van der Waals surface area contributed by atoms with Crippen molar-refractivity contribution in [1.82, 2.24) is 10.3 Å². The Hall–Kier alpha value is -3.34. The molecule has 1 aromatic heterocycles. The fourth-order valence-electron chi connectivity index (χ4n) is 3.58. The zero-order valence-corrected chi connectivity index (χ0v) is 17.1. The lowest BCUT2D eigenvalue weighted by molar-refractivity contribution is 0.0951. The number of ether oxygens (including phenoxy) is 2. The summed E-state index contributed by atoms with van der Waals surface area (Å²) in [6, 6.07) is 19.6. The summed E-state index contributed by atoms with van der Waals surface area (Å²) < 4.78 is 11.6. The Bertz CT molecular complexity index is 976. The average molecular weight is 402 g/mol. The quantitative estimate of drug-likeness (QED) is 0.569. The molecule has 3 aromatic rings. The zero-order chi connectivity index (χ0) is 20.8. The van der Waals surface area contributed by atoms with Crippen molar-refractivity contribution in [3.8, 4) is 11.5 Å². The topological polar surface area (TPSA) is 60.5 Å². The molecule has 0 bridgehead atoms. The van der Waals surface area contributed by atoms with Crippen LogP contribution in [0.2, 0.25) is 0 Å². The van der Waals surface area contributed by atoms with Crippen LogP contribution in [0.4, 0.5) is 0 Å². The molecule has 0 radical (unpaired) electrons. The number of benzene rings is 2. The first-order valence-electron chi connectivity index (χ1n) is 10.4. The Morgan fingerprint density at radius 2 is 1.83 bits per heavy atom. The van der Waals surface area contributed by atoms with Crippen LogP contribution >= 0.6 is 0 Å². The fraction of sp³-hybridized carbons (Fsp3) is 0.280. The number of hydrogen-bond acceptors (Lipinski definition) is 4. The van der Waals surface area contributed by atoms with E-state index in [-0.39, 0.29) is 5.91 Å². The third-order valence-electron chi connectivity index (χ3n) is 5.32. The minimum atomic E-state index is -0.0876. The molecule has 1 N–H and O–H groups in total. The van der Waals surface area contributed by atoms with Gasteiger partial charge in [-0.25, -0.2) is 0 Å². The van der Waals surface area contributed by atoms with Crippen molar-refractivity contribution in [2.24, 2.45) is 5.92 Å². The van der Waals surface area contributed by atoms with Crippen LogP contribution in [0.1, 0.15) is 40.7 Å². The third kappa shape index (κ3) is 4.98. The predicted octanol–water partition coefficient (Wildman–Crippen LogP) is 4.59. The standard InChI is InChI=1S/C25H26N2O3/c1-2-29-24-15-20(8-9-23(24)30-17-18-10-12-26-13-11-18)25(28)27-16-21-14-22(21)19-6-4-3-5-7-19/h3-13,15,21-22H,2,14,16-17H2,1H3,(H,27,28). The summed E-state index contributed by atoms with van der Waals surface area (Å²) in [7, 11) is 0. The van der Waals surface area contributed by atoms with Gasteiger partial charge in [0.25, 0.3) is 5.91 Å². The third-order valence-corrected chi connectivity index (χ3v) is 5.32. The molecule has 2 aromatic carbocycles. The number of nitrogens with zero attached hydrogens (tertiary/aromatic N) is 1. The number of amides is 1. The first-order chi connectivity index (χ1) is 14.7. The maximum Gasteiger partial charge on any atom is 0.251 e. The van der Waals surface area contributed by atoms with Crippen LogP contribution in [0, 0.1) is 5.92 Å². The van der Waals surface area contributed by atoms with E-state index in [1.807, 2.05) is 25.1 Å². The molecule has 0 saturated heterocycles. The van der Waals surface area contributed by atoms with E-state index in [4.69, 9.17) is 9.47 Å². The smallest absolute Gasteiger partial charge is 0.251 e. The van der Waals surface area contributed by atoms with Gasteiger partial charge in [-0.15, -0.1) is 0 Å². The Balaban J connectivity index is 1.35. The van der Waals surface area contributed by atoms with Crippen LogP contribution in [0.25, 0.3) is 0 Å². The molecule has 154 valence electrons. The van der Waals surface area contributed by atoms with E-state index in [0.29, 0.717) is 48.7 Å². The highest BCUT2D eigenvalue weighted by Gasteiger charge is 2.38. The fourth-order valence-corrected chi connectivity index (χ4v) is 3.58. The van der Waals surface area contributed by atoms with Crippen molar-refractivity contribution < 1.29 is 14.3 Å². The number of aromatic nitrogens is 1. The number of nitrogens with one attached hydrogen (secondary N) is 1. The van der Waals surface area contributed by atoms with Gasteiger partial charge < -0.3 is 14.8 Å². The Morgan fingerprint density at radius 3 is 2.60 bits per heavy atom. The van der Waals surface area contributed by atoms with Crippen LogP contribution in [0.3, 0.4) is 0 Å². The molecular formula is C25H26N2O3. The highest BCUT2D eigenvalue weighted by atomic mass is 16.5. The van der Waals surface area contributed by atoms with E-state index in [2.05, 4.69) is 34.6 Å². The summed E-state index contributed by atoms with van der Waals surface area (Å²) in [6.07, 6.45) is 4.59. The van der Waals surface area contributed by atoms with Gasteiger partial charge in [0, 0.05) is 24.5 Å². The predicted molar refractivity (Wildman–Crippen MR) is 116 cm³/mol. The number of pyridine rings is 1. The molecule has 1 aliphatic carbocycles. The molecule has 0 spiro atoms. The summed E-state index contributed by atoms with van der Waals surface area (Å²) in [5, 5.41) is 3.07. The van der Waals surface area contributed by atoms with Crippen molar-refractivity contribution in [2.75, 3.05) is 13.2 Å². The molecule has 1 amide bonds. The van der Waals surface area contributed by atoms with Crippen molar-refractivity contribution in [3.05, 3.63) is 89.7 Å². The Morgan fingerprint density at radius 1 is 1.03 bits per heavy atom. The van der Waals surface area contributed by atoms with E-state index < -0.39 is 0 Å². The van der Waals surface area contributed by atoms with Gasteiger partial charge in [0.2, 0.25) is 0 Å². The molecule has 1 fully saturated rings. The molecule has 2 unspecified atom stereocenters. The normalized spacial score (nSPS) is 17.2. The summed E-state index contributed by atoms with van der Waals surface area (Å²) >= 11 is 0. The van der Waals surface area contributed by atoms with Gasteiger partial charge in [-0.1, -0.05) is 30.3 Å². The molecule has 0 aliphatic heterocycles. The lowest BCUT2D eigenvalue weighted by atomic mass is 10.1.